The molecule has 5 fully saturated rings. The predicted octanol–water partition coefficient (Wildman–Crippen LogP) is 3.74. The summed E-state index contributed by atoms with van der Waals surface area (Å²) in [6.45, 7) is 10.9. The molecule has 0 amide bonds. The first kappa shape index (κ1) is 25.7. The van der Waals surface area contributed by atoms with Gasteiger partial charge in [-0.3, -0.25) is 9.59 Å². The van der Waals surface area contributed by atoms with Crippen LogP contribution in [0.4, 0.5) is 0 Å². The van der Waals surface area contributed by atoms with Crippen molar-refractivity contribution < 1.29 is 29.6 Å². The molecule has 6 nitrogen and oxygen atoms in total. The normalized spacial score (nSPS) is 52.9. The number of esters is 1. The van der Waals surface area contributed by atoms with Crippen molar-refractivity contribution in [1.29, 1.82) is 0 Å². The monoisotopic (exact) mass is 490 g/mol. The number of ether oxygens (including phenoxy) is 1. The number of hydrogen-bond donors (Lipinski definition) is 3. The molecule has 0 radical (unpaired) electrons. The van der Waals surface area contributed by atoms with E-state index in [2.05, 4.69) is 34.6 Å². The van der Waals surface area contributed by atoms with Crippen LogP contribution in [0.3, 0.4) is 0 Å². The fraction of sp³-hybridized carbons (Fsp3) is 0.931. The molecule has 3 N–H and O–H groups in total. The lowest BCUT2D eigenvalue weighted by Crippen LogP contribution is -2.65. The lowest BCUT2D eigenvalue weighted by atomic mass is 9.43. The highest BCUT2D eigenvalue weighted by molar-refractivity contribution is 5.85. The molecule has 1 heterocycles. The van der Waals surface area contributed by atoms with Crippen molar-refractivity contribution in [3.63, 3.8) is 0 Å². The molecule has 0 aromatic heterocycles. The Hall–Kier alpha value is -0.980. The molecule has 1 aliphatic heterocycles. The first-order valence-electron chi connectivity index (χ1n) is 14.1. The maximum absolute atomic E-state index is 13.7. The van der Waals surface area contributed by atoms with Crippen molar-refractivity contribution in [1.82, 2.24) is 0 Å². The van der Waals surface area contributed by atoms with Crippen LogP contribution in [0.25, 0.3) is 0 Å². The van der Waals surface area contributed by atoms with Gasteiger partial charge < -0.3 is 20.1 Å². The first-order valence-corrected chi connectivity index (χ1v) is 14.1. The van der Waals surface area contributed by atoms with Crippen molar-refractivity contribution in [2.24, 2.45) is 58.2 Å². The van der Waals surface area contributed by atoms with E-state index in [1.165, 1.54) is 0 Å². The number of aliphatic hydroxyl groups is 3. The van der Waals surface area contributed by atoms with Gasteiger partial charge >= 0.3 is 5.97 Å². The summed E-state index contributed by atoms with van der Waals surface area (Å²) in [5.74, 6) is 0.529. The van der Waals surface area contributed by atoms with Gasteiger partial charge in [0, 0.05) is 24.7 Å². The Morgan fingerprint density at radius 3 is 2.26 bits per heavy atom. The van der Waals surface area contributed by atoms with Gasteiger partial charge in [-0.05, 0) is 84.9 Å². The Labute approximate surface area is 210 Å². The summed E-state index contributed by atoms with van der Waals surface area (Å²) in [4.78, 5) is 26.2. The molecule has 4 aliphatic carbocycles. The van der Waals surface area contributed by atoms with E-state index < -0.39 is 18.3 Å². The predicted molar refractivity (Wildman–Crippen MR) is 131 cm³/mol. The molecular formula is C29H46O6. The molecule has 5 rings (SSSR count). The molecule has 0 aromatic carbocycles. The second-order valence-corrected chi connectivity index (χ2v) is 13.8. The van der Waals surface area contributed by atoms with Crippen LogP contribution in [-0.4, -0.2) is 51.5 Å². The van der Waals surface area contributed by atoms with Gasteiger partial charge in [0.1, 0.15) is 11.9 Å². The van der Waals surface area contributed by atoms with Crippen molar-refractivity contribution in [3.05, 3.63) is 0 Å². The zero-order chi connectivity index (χ0) is 25.4. The number of hydrogen-bond acceptors (Lipinski definition) is 6. The molecule has 0 bridgehead atoms. The van der Waals surface area contributed by atoms with Crippen LogP contribution in [0.1, 0.15) is 86.0 Å². The Kier molecular flexibility index (Phi) is 6.45. The number of Topliss-reactive ketones (excluding diaryl/α,β-unsaturated/α-hetero) is 1. The number of ketones is 1. The summed E-state index contributed by atoms with van der Waals surface area (Å²) in [6, 6.07) is 0. The quantitative estimate of drug-likeness (QED) is 0.521. The van der Waals surface area contributed by atoms with Gasteiger partial charge in [-0.25, -0.2) is 0 Å². The largest absolute Gasteiger partial charge is 0.462 e. The van der Waals surface area contributed by atoms with Gasteiger partial charge in [0.05, 0.1) is 18.3 Å². The third-order valence-corrected chi connectivity index (χ3v) is 12.0. The summed E-state index contributed by atoms with van der Waals surface area (Å²) in [7, 11) is 0. The van der Waals surface area contributed by atoms with E-state index in [4.69, 9.17) is 4.74 Å². The standard InChI is InChI=1S/C29H46O6/c1-14(2)16-10-22(35-23(32)11-16)15(3)19-13-21(31)25-24-18(7-9-29(19,25)5)28(4)8-6-17(30)12-20(28)26(33)27(24)34/h14-20,22,24-27,30,33-34H,6-13H2,1-5H3/t15?,16?,17-,18?,19?,20?,22?,24?,25?,26-,27-,28-,29-/m1/s1. The minimum absolute atomic E-state index is 0.0785. The van der Waals surface area contributed by atoms with Crippen molar-refractivity contribution in [2.75, 3.05) is 0 Å². The van der Waals surface area contributed by atoms with E-state index in [9.17, 15) is 24.9 Å². The minimum atomic E-state index is -0.941. The van der Waals surface area contributed by atoms with Crippen LogP contribution in [0.2, 0.25) is 0 Å². The number of fused-ring (bicyclic) bond motifs is 5. The molecule has 13 atom stereocenters. The number of rotatable bonds is 3. The molecule has 0 aromatic rings. The number of aliphatic hydroxyl groups excluding tert-OH is 3. The molecule has 5 aliphatic rings. The minimum Gasteiger partial charge on any atom is -0.462 e. The van der Waals surface area contributed by atoms with E-state index >= 15 is 0 Å². The Bertz CT molecular complexity index is 856. The fourth-order valence-electron chi connectivity index (χ4n) is 9.80. The first-order chi connectivity index (χ1) is 16.4. The lowest BCUT2D eigenvalue weighted by Gasteiger charge is -2.63. The maximum Gasteiger partial charge on any atom is 0.306 e. The van der Waals surface area contributed by atoms with E-state index in [1.54, 1.807) is 0 Å². The number of carbonyl (C=O) groups is 2. The van der Waals surface area contributed by atoms with Gasteiger partial charge in [-0.1, -0.05) is 34.6 Å². The van der Waals surface area contributed by atoms with E-state index in [1.807, 2.05) is 0 Å². The maximum atomic E-state index is 13.7. The summed E-state index contributed by atoms with van der Waals surface area (Å²) in [5.41, 5.74) is -0.440. The van der Waals surface area contributed by atoms with Crippen LogP contribution in [0, 0.1) is 58.2 Å². The highest BCUT2D eigenvalue weighted by atomic mass is 16.5. The molecule has 4 saturated carbocycles. The van der Waals surface area contributed by atoms with E-state index in [-0.39, 0.29) is 64.2 Å². The third-order valence-electron chi connectivity index (χ3n) is 12.0. The molecule has 6 heteroatoms. The smallest absolute Gasteiger partial charge is 0.306 e. The second kappa shape index (κ2) is 8.80. The molecule has 1 saturated heterocycles. The number of cyclic esters (lactones) is 1. The van der Waals surface area contributed by atoms with Gasteiger partial charge in [-0.2, -0.15) is 0 Å². The topological polar surface area (TPSA) is 104 Å². The van der Waals surface area contributed by atoms with Crippen LogP contribution < -0.4 is 0 Å². The van der Waals surface area contributed by atoms with Gasteiger partial charge in [0.2, 0.25) is 0 Å². The number of carbonyl (C=O) groups excluding carboxylic acids is 2. The van der Waals surface area contributed by atoms with Crippen molar-refractivity contribution >= 4 is 11.8 Å². The summed E-state index contributed by atoms with van der Waals surface area (Å²) in [5, 5.41) is 33.0. The summed E-state index contributed by atoms with van der Waals surface area (Å²) >= 11 is 0. The molecule has 0 spiro atoms. The lowest BCUT2D eigenvalue weighted by molar-refractivity contribution is -0.223. The molecule has 35 heavy (non-hydrogen) atoms. The average molecular weight is 491 g/mol. The summed E-state index contributed by atoms with van der Waals surface area (Å²) < 4.78 is 5.88. The highest BCUT2D eigenvalue weighted by Crippen LogP contribution is 2.67. The Morgan fingerprint density at radius 2 is 1.57 bits per heavy atom. The zero-order valence-corrected chi connectivity index (χ0v) is 22.2. The van der Waals surface area contributed by atoms with Crippen molar-refractivity contribution in [2.45, 2.75) is 110 Å². The Morgan fingerprint density at radius 1 is 0.886 bits per heavy atom. The van der Waals surface area contributed by atoms with Crippen molar-refractivity contribution in [3.8, 4) is 0 Å². The SMILES string of the molecule is CC(C)C1CC(=O)OC(C(C)C2CC(=O)C3C4C(CC[C@]23C)[C@@]2(C)CC[C@@H](O)CC2[C@@H](O)[C@@H]4O)C1. The molecule has 8 unspecified atom stereocenters. The van der Waals surface area contributed by atoms with Crippen LogP contribution in [-0.2, 0) is 14.3 Å². The third kappa shape index (κ3) is 3.84. The molecular weight excluding hydrogens is 444 g/mol. The van der Waals surface area contributed by atoms with Gasteiger partial charge in [0.15, 0.2) is 0 Å². The van der Waals surface area contributed by atoms with Gasteiger partial charge in [-0.15, -0.1) is 0 Å². The average Bonchev–Trinajstić information content (AvgIpc) is 3.08. The van der Waals surface area contributed by atoms with Gasteiger partial charge in [0.25, 0.3) is 0 Å². The zero-order valence-electron chi connectivity index (χ0n) is 22.2. The second-order valence-electron chi connectivity index (χ2n) is 13.8. The summed E-state index contributed by atoms with van der Waals surface area (Å²) in [6.07, 6.45) is 3.28. The highest BCUT2D eigenvalue weighted by Gasteiger charge is 2.67. The van der Waals surface area contributed by atoms with E-state index in [0.717, 1.165) is 32.1 Å². The Balaban J connectivity index is 1.43. The van der Waals surface area contributed by atoms with Crippen LogP contribution in [0.5, 0.6) is 0 Å². The fourth-order valence-corrected chi connectivity index (χ4v) is 9.80. The molecule has 198 valence electrons. The van der Waals surface area contributed by atoms with Crippen LogP contribution in [0.15, 0.2) is 0 Å². The van der Waals surface area contributed by atoms with Crippen LogP contribution >= 0.6 is 0 Å². The van der Waals surface area contributed by atoms with E-state index in [0.29, 0.717) is 31.1 Å².